The van der Waals surface area contributed by atoms with E-state index >= 15 is 0 Å². The maximum atomic E-state index is 12.4. The van der Waals surface area contributed by atoms with Gasteiger partial charge in [-0.2, -0.15) is 0 Å². The second-order valence-corrected chi connectivity index (χ2v) is 6.00. The Kier molecular flexibility index (Phi) is 4.15. The molecule has 1 heterocycles. The van der Waals surface area contributed by atoms with Crippen LogP contribution in [0.25, 0.3) is 0 Å². The van der Waals surface area contributed by atoms with Crippen LogP contribution in [0.1, 0.15) is 17.5 Å². The number of rotatable bonds is 3. The molecular weight excluding hydrogens is 288 g/mol. The van der Waals surface area contributed by atoms with Crippen LogP contribution in [0.5, 0.6) is 0 Å². The summed E-state index contributed by atoms with van der Waals surface area (Å²) >= 11 is 0. The summed E-state index contributed by atoms with van der Waals surface area (Å²) < 4.78 is 0. The number of carbonyl (C=O) groups excluding carboxylic acids is 2. The van der Waals surface area contributed by atoms with Crippen molar-refractivity contribution in [3.05, 3.63) is 59.7 Å². The highest BCUT2D eigenvalue weighted by molar-refractivity contribution is 6.04. The van der Waals surface area contributed by atoms with Crippen molar-refractivity contribution in [2.24, 2.45) is 5.92 Å². The Balaban J connectivity index is 1.76. The van der Waals surface area contributed by atoms with E-state index in [2.05, 4.69) is 5.32 Å². The molecule has 23 heavy (non-hydrogen) atoms. The van der Waals surface area contributed by atoms with E-state index in [4.69, 9.17) is 0 Å². The van der Waals surface area contributed by atoms with Crippen LogP contribution in [0.3, 0.4) is 0 Å². The maximum Gasteiger partial charge on any atom is 0.229 e. The highest BCUT2D eigenvalue weighted by Gasteiger charge is 2.36. The van der Waals surface area contributed by atoms with Gasteiger partial charge >= 0.3 is 0 Å². The average molecular weight is 308 g/mol. The average Bonchev–Trinajstić information content (AvgIpc) is 2.90. The standard InChI is InChI=1S/C19H20N2O2/c1-13-7-6-8-14(2)18(13)21-12-15(11-17(21)22)19(23)20-16-9-4-3-5-10-16/h3-10,15H,11-12H2,1-2H3,(H,20,23)/t15-/m1/s1. The van der Waals surface area contributed by atoms with Crippen molar-refractivity contribution in [3.8, 4) is 0 Å². The molecule has 0 aromatic heterocycles. The van der Waals surface area contributed by atoms with Gasteiger partial charge in [0.1, 0.15) is 0 Å². The Morgan fingerprint density at radius 2 is 1.70 bits per heavy atom. The van der Waals surface area contributed by atoms with Crippen molar-refractivity contribution in [2.45, 2.75) is 20.3 Å². The second-order valence-electron chi connectivity index (χ2n) is 6.00. The number of amides is 2. The normalized spacial score (nSPS) is 17.4. The monoisotopic (exact) mass is 308 g/mol. The third-order valence-corrected chi connectivity index (χ3v) is 4.25. The highest BCUT2D eigenvalue weighted by Crippen LogP contribution is 2.31. The lowest BCUT2D eigenvalue weighted by Crippen LogP contribution is -2.29. The largest absolute Gasteiger partial charge is 0.326 e. The molecule has 0 saturated carbocycles. The van der Waals surface area contributed by atoms with Gasteiger partial charge in [-0.05, 0) is 37.1 Å². The fourth-order valence-electron chi connectivity index (χ4n) is 3.10. The zero-order chi connectivity index (χ0) is 16.4. The zero-order valence-corrected chi connectivity index (χ0v) is 13.4. The minimum atomic E-state index is -0.318. The summed E-state index contributed by atoms with van der Waals surface area (Å²) in [5.74, 6) is -0.407. The van der Waals surface area contributed by atoms with Crippen LogP contribution in [-0.2, 0) is 9.59 Å². The fourth-order valence-corrected chi connectivity index (χ4v) is 3.10. The van der Waals surface area contributed by atoms with Crippen LogP contribution in [0.4, 0.5) is 11.4 Å². The third-order valence-electron chi connectivity index (χ3n) is 4.25. The van der Waals surface area contributed by atoms with Gasteiger partial charge in [0.2, 0.25) is 11.8 Å². The minimum Gasteiger partial charge on any atom is -0.326 e. The summed E-state index contributed by atoms with van der Waals surface area (Å²) in [4.78, 5) is 26.6. The van der Waals surface area contributed by atoms with Crippen molar-refractivity contribution in [3.63, 3.8) is 0 Å². The lowest BCUT2D eigenvalue weighted by molar-refractivity contribution is -0.122. The molecule has 0 aliphatic carbocycles. The molecule has 2 aromatic carbocycles. The molecule has 1 atom stereocenters. The Hall–Kier alpha value is -2.62. The van der Waals surface area contributed by atoms with Crippen LogP contribution in [-0.4, -0.2) is 18.4 Å². The van der Waals surface area contributed by atoms with Gasteiger partial charge in [-0.3, -0.25) is 9.59 Å². The van der Waals surface area contributed by atoms with Gasteiger partial charge in [-0.25, -0.2) is 0 Å². The van der Waals surface area contributed by atoms with Gasteiger partial charge in [0.05, 0.1) is 5.92 Å². The zero-order valence-electron chi connectivity index (χ0n) is 13.4. The van der Waals surface area contributed by atoms with E-state index in [1.165, 1.54) is 0 Å². The van der Waals surface area contributed by atoms with Gasteiger partial charge < -0.3 is 10.2 Å². The number of aryl methyl sites for hydroxylation is 2. The Morgan fingerprint density at radius 1 is 1.04 bits per heavy atom. The minimum absolute atomic E-state index is 0.00983. The van der Waals surface area contributed by atoms with Crippen LogP contribution >= 0.6 is 0 Å². The van der Waals surface area contributed by atoms with E-state index in [0.717, 1.165) is 22.5 Å². The summed E-state index contributed by atoms with van der Waals surface area (Å²) in [5.41, 5.74) is 3.81. The smallest absolute Gasteiger partial charge is 0.229 e. The van der Waals surface area contributed by atoms with Crippen LogP contribution in [0.2, 0.25) is 0 Å². The van der Waals surface area contributed by atoms with Crippen molar-refractivity contribution >= 4 is 23.2 Å². The van der Waals surface area contributed by atoms with Crippen molar-refractivity contribution < 1.29 is 9.59 Å². The molecule has 1 aliphatic rings. The first kappa shape index (κ1) is 15.3. The molecule has 0 unspecified atom stereocenters. The summed E-state index contributed by atoms with van der Waals surface area (Å²) in [6, 6.07) is 15.3. The van der Waals surface area contributed by atoms with Crippen molar-refractivity contribution in [2.75, 3.05) is 16.8 Å². The van der Waals surface area contributed by atoms with Crippen molar-refractivity contribution in [1.82, 2.24) is 0 Å². The summed E-state index contributed by atoms with van der Waals surface area (Å²) in [5, 5.41) is 2.89. The lowest BCUT2D eigenvalue weighted by atomic mass is 10.1. The van der Waals surface area contributed by atoms with Gasteiger partial charge in [0, 0.05) is 24.3 Å². The number of hydrogen-bond acceptors (Lipinski definition) is 2. The van der Waals surface area contributed by atoms with Gasteiger partial charge in [0.25, 0.3) is 0 Å². The molecule has 1 N–H and O–H groups in total. The summed E-state index contributed by atoms with van der Waals surface area (Å²) in [7, 11) is 0. The number of benzene rings is 2. The Labute approximate surface area is 136 Å². The number of para-hydroxylation sites is 2. The van der Waals surface area contributed by atoms with E-state index in [1.54, 1.807) is 4.90 Å². The van der Waals surface area contributed by atoms with E-state index in [1.807, 2.05) is 62.4 Å². The molecule has 1 aliphatic heterocycles. The molecule has 4 heteroatoms. The first-order valence-corrected chi connectivity index (χ1v) is 7.79. The molecule has 0 radical (unpaired) electrons. The number of carbonyl (C=O) groups is 2. The lowest BCUT2D eigenvalue weighted by Gasteiger charge is -2.21. The van der Waals surface area contributed by atoms with E-state index in [0.29, 0.717) is 6.54 Å². The quantitative estimate of drug-likeness (QED) is 0.946. The van der Waals surface area contributed by atoms with Gasteiger partial charge in [0.15, 0.2) is 0 Å². The first-order chi connectivity index (χ1) is 11.1. The summed E-state index contributed by atoms with van der Waals surface area (Å²) in [6.45, 7) is 4.42. The molecule has 118 valence electrons. The number of hydrogen-bond donors (Lipinski definition) is 1. The van der Waals surface area contributed by atoms with E-state index in [-0.39, 0.29) is 24.2 Å². The SMILES string of the molecule is Cc1cccc(C)c1N1C[C@H](C(=O)Nc2ccccc2)CC1=O. The molecule has 3 rings (SSSR count). The molecule has 0 bridgehead atoms. The van der Waals surface area contributed by atoms with Crippen LogP contribution in [0, 0.1) is 19.8 Å². The molecule has 1 saturated heterocycles. The van der Waals surface area contributed by atoms with E-state index < -0.39 is 0 Å². The van der Waals surface area contributed by atoms with Crippen molar-refractivity contribution in [1.29, 1.82) is 0 Å². The molecular formula is C19H20N2O2. The van der Waals surface area contributed by atoms with Gasteiger partial charge in [-0.15, -0.1) is 0 Å². The Morgan fingerprint density at radius 3 is 2.35 bits per heavy atom. The van der Waals surface area contributed by atoms with E-state index in [9.17, 15) is 9.59 Å². The number of nitrogens with one attached hydrogen (secondary N) is 1. The number of nitrogens with zero attached hydrogens (tertiary/aromatic N) is 1. The predicted octanol–water partition coefficient (Wildman–Crippen LogP) is 3.30. The summed E-state index contributed by atoms with van der Waals surface area (Å²) in [6.07, 6.45) is 0.256. The van der Waals surface area contributed by atoms with Crippen LogP contribution < -0.4 is 10.2 Å². The molecule has 0 spiro atoms. The molecule has 2 amide bonds. The fraction of sp³-hybridized carbons (Fsp3) is 0.263. The van der Waals surface area contributed by atoms with Gasteiger partial charge in [-0.1, -0.05) is 36.4 Å². The maximum absolute atomic E-state index is 12.4. The molecule has 2 aromatic rings. The molecule has 4 nitrogen and oxygen atoms in total. The highest BCUT2D eigenvalue weighted by atomic mass is 16.2. The third kappa shape index (κ3) is 3.11. The predicted molar refractivity (Wildman–Crippen MR) is 91.4 cm³/mol. The Bertz CT molecular complexity index is 720. The second kappa shape index (κ2) is 6.24. The molecule has 1 fully saturated rings. The topological polar surface area (TPSA) is 49.4 Å². The first-order valence-electron chi connectivity index (χ1n) is 7.79. The van der Waals surface area contributed by atoms with Crippen LogP contribution in [0.15, 0.2) is 48.5 Å². The number of anilines is 2.